The smallest absolute Gasteiger partial charge is 0.252 e. The second-order valence-corrected chi connectivity index (χ2v) is 5.94. The van der Waals surface area contributed by atoms with E-state index in [9.17, 15) is 4.79 Å². The van der Waals surface area contributed by atoms with Gasteiger partial charge in [-0.15, -0.1) is 0 Å². The molecule has 2 atom stereocenters. The first-order valence-electron chi connectivity index (χ1n) is 8.18. The second-order valence-electron chi connectivity index (χ2n) is 5.94. The Morgan fingerprint density at radius 2 is 1.82 bits per heavy atom. The summed E-state index contributed by atoms with van der Waals surface area (Å²) in [5.41, 5.74) is 1.01. The molecule has 0 N–H and O–H groups in total. The van der Waals surface area contributed by atoms with E-state index in [1.54, 1.807) is 5.06 Å². The highest BCUT2D eigenvalue weighted by Gasteiger charge is 2.27. The van der Waals surface area contributed by atoms with Gasteiger partial charge in [0.25, 0.3) is 5.91 Å². The van der Waals surface area contributed by atoms with Crippen molar-refractivity contribution in [1.29, 1.82) is 0 Å². The Bertz CT molecular complexity index is 434. The van der Waals surface area contributed by atoms with E-state index < -0.39 is 0 Å². The van der Waals surface area contributed by atoms with Crippen LogP contribution in [0, 0.1) is 0 Å². The highest BCUT2D eigenvalue weighted by atomic mass is 16.7. The summed E-state index contributed by atoms with van der Waals surface area (Å²) in [6.07, 6.45) is 3.13. The molecule has 0 saturated heterocycles. The van der Waals surface area contributed by atoms with Crippen molar-refractivity contribution in [2.24, 2.45) is 0 Å². The fourth-order valence-electron chi connectivity index (χ4n) is 2.26. The van der Waals surface area contributed by atoms with Gasteiger partial charge in [-0.25, -0.2) is 5.06 Å². The fraction of sp³-hybridized carbons (Fsp3) is 0.611. The number of hydrogen-bond donors (Lipinski definition) is 0. The number of nitrogens with zero attached hydrogens (tertiary/aromatic N) is 2. The molecule has 1 amide bonds. The van der Waals surface area contributed by atoms with Gasteiger partial charge in [-0.2, -0.15) is 0 Å². The molecule has 0 spiro atoms. The van der Waals surface area contributed by atoms with Crippen molar-refractivity contribution in [2.75, 3.05) is 14.1 Å². The summed E-state index contributed by atoms with van der Waals surface area (Å²) in [5, 5.41) is 1.59. The predicted octanol–water partition coefficient (Wildman–Crippen LogP) is 3.48. The number of carbonyl (C=O) groups excluding carboxylic acids is 1. The minimum absolute atomic E-state index is 0.0126. The summed E-state index contributed by atoms with van der Waals surface area (Å²) in [6.45, 7) is 6.19. The lowest BCUT2D eigenvalue weighted by molar-refractivity contribution is -0.236. The number of carbonyl (C=O) groups is 1. The van der Waals surface area contributed by atoms with Crippen molar-refractivity contribution >= 4 is 5.91 Å². The highest BCUT2D eigenvalue weighted by Crippen LogP contribution is 2.16. The molecule has 2 unspecified atom stereocenters. The molecule has 0 fully saturated rings. The molecule has 1 rings (SSSR count). The molecule has 22 heavy (non-hydrogen) atoms. The average Bonchev–Trinajstić information content (AvgIpc) is 2.51. The van der Waals surface area contributed by atoms with Gasteiger partial charge in [-0.05, 0) is 39.4 Å². The van der Waals surface area contributed by atoms with Gasteiger partial charge < -0.3 is 0 Å². The van der Waals surface area contributed by atoms with E-state index in [-0.39, 0.29) is 18.2 Å². The van der Waals surface area contributed by atoms with Crippen LogP contribution in [-0.2, 0) is 16.1 Å². The summed E-state index contributed by atoms with van der Waals surface area (Å²) >= 11 is 0. The van der Waals surface area contributed by atoms with Crippen LogP contribution in [0.1, 0.15) is 45.6 Å². The van der Waals surface area contributed by atoms with E-state index in [4.69, 9.17) is 4.84 Å². The van der Waals surface area contributed by atoms with E-state index >= 15 is 0 Å². The van der Waals surface area contributed by atoms with Gasteiger partial charge in [0.15, 0.2) is 0 Å². The normalized spacial score (nSPS) is 13.9. The summed E-state index contributed by atoms with van der Waals surface area (Å²) in [7, 11) is 3.98. The molecule has 0 aliphatic carbocycles. The van der Waals surface area contributed by atoms with Crippen LogP contribution in [0.5, 0.6) is 0 Å². The number of amides is 1. The zero-order valence-electron chi connectivity index (χ0n) is 14.6. The second kappa shape index (κ2) is 9.59. The summed E-state index contributed by atoms with van der Waals surface area (Å²) in [4.78, 5) is 20.8. The molecule has 4 nitrogen and oxygen atoms in total. The lowest BCUT2D eigenvalue weighted by atomic mass is 10.1. The average molecular weight is 306 g/mol. The third-order valence-corrected chi connectivity index (χ3v) is 3.73. The van der Waals surface area contributed by atoms with Crippen LogP contribution in [0.25, 0.3) is 0 Å². The predicted molar refractivity (Wildman–Crippen MR) is 90.2 cm³/mol. The van der Waals surface area contributed by atoms with Gasteiger partial charge >= 0.3 is 0 Å². The van der Waals surface area contributed by atoms with Crippen LogP contribution in [0.15, 0.2) is 30.3 Å². The molecule has 4 heteroatoms. The van der Waals surface area contributed by atoms with Gasteiger partial charge in [-0.1, -0.05) is 50.6 Å². The molecular weight excluding hydrogens is 276 g/mol. The molecule has 0 aliphatic heterocycles. The standard InChI is InChI=1S/C18H30N2O2/c1-6-11-17(19(4)5)20(22-15(3)7-2)18(21)14-16-12-9-8-10-13-16/h8-10,12-13,15,17H,6-7,11,14H2,1-5H3. The first-order chi connectivity index (χ1) is 10.5. The van der Waals surface area contributed by atoms with Gasteiger partial charge in [0.2, 0.25) is 0 Å². The number of rotatable bonds is 9. The Kier molecular flexibility index (Phi) is 8.13. The van der Waals surface area contributed by atoms with Crippen molar-refractivity contribution in [1.82, 2.24) is 9.96 Å². The van der Waals surface area contributed by atoms with Crippen LogP contribution in [0.2, 0.25) is 0 Å². The van der Waals surface area contributed by atoms with E-state index in [2.05, 4.69) is 18.7 Å². The molecule has 0 radical (unpaired) electrons. The Balaban J connectivity index is 2.89. The van der Waals surface area contributed by atoms with Gasteiger partial charge in [0.1, 0.15) is 6.17 Å². The van der Waals surface area contributed by atoms with E-state index in [0.717, 1.165) is 24.8 Å². The third-order valence-electron chi connectivity index (χ3n) is 3.73. The molecule has 1 aromatic carbocycles. The van der Waals surface area contributed by atoms with Crippen LogP contribution in [0.4, 0.5) is 0 Å². The largest absolute Gasteiger partial charge is 0.288 e. The van der Waals surface area contributed by atoms with E-state index in [1.807, 2.05) is 51.4 Å². The van der Waals surface area contributed by atoms with Crippen molar-refractivity contribution in [3.63, 3.8) is 0 Å². The first kappa shape index (κ1) is 18.7. The quantitative estimate of drug-likeness (QED) is 0.517. The third kappa shape index (κ3) is 5.78. The Hall–Kier alpha value is -1.39. The molecule has 0 aromatic heterocycles. The van der Waals surface area contributed by atoms with Gasteiger partial charge in [0, 0.05) is 0 Å². The van der Waals surface area contributed by atoms with Crippen molar-refractivity contribution < 1.29 is 9.63 Å². The SMILES string of the molecule is CCCC(N(C)C)N(OC(C)CC)C(=O)Cc1ccccc1. The molecule has 0 saturated carbocycles. The van der Waals surface area contributed by atoms with Gasteiger partial charge in [-0.3, -0.25) is 14.5 Å². The number of benzene rings is 1. The zero-order chi connectivity index (χ0) is 16.5. The summed E-state index contributed by atoms with van der Waals surface area (Å²) < 4.78 is 0. The monoisotopic (exact) mass is 306 g/mol. The highest BCUT2D eigenvalue weighted by molar-refractivity contribution is 5.78. The van der Waals surface area contributed by atoms with E-state index in [0.29, 0.717) is 6.42 Å². The van der Waals surface area contributed by atoms with Crippen molar-refractivity contribution in [3.05, 3.63) is 35.9 Å². The Labute approximate surface area is 135 Å². The summed E-state index contributed by atoms with van der Waals surface area (Å²) in [5.74, 6) is 0.0126. The molecule has 0 heterocycles. The summed E-state index contributed by atoms with van der Waals surface area (Å²) in [6, 6.07) is 9.82. The maximum Gasteiger partial charge on any atom is 0.252 e. The Morgan fingerprint density at radius 1 is 1.18 bits per heavy atom. The number of hydrogen-bond acceptors (Lipinski definition) is 3. The lowest BCUT2D eigenvalue weighted by Crippen LogP contribution is -2.49. The van der Waals surface area contributed by atoms with Crippen molar-refractivity contribution in [2.45, 2.75) is 58.7 Å². The number of hydroxylamine groups is 2. The van der Waals surface area contributed by atoms with Crippen LogP contribution in [0.3, 0.4) is 0 Å². The van der Waals surface area contributed by atoms with Crippen LogP contribution >= 0.6 is 0 Å². The zero-order valence-corrected chi connectivity index (χ0v) is 14.6. The fourth-order valence-corrected chi connectivity index (χ4v) is 2.26. The molecule has 1 aromatic rings. The van der Waals surface area contributed by atoms with Crippen LogP contribution in [-0.4, -0.2) is 42.2 Å². The first-order valence-corrected chi connectivity index (χ1v) is 8.18. The molecule has 0 bridgehead atoms. The maximum atomic E-state index is 12.8. The van der Waals surface area contributed by atoms with E-state index in [1.165, 1.54) is 0 Å². The Morgan fingerprint density at radius 3 is 2.32 bits per heavy atom. The van der Waals surface area contributed by atoms with Crippen molar-refractivity contribution in [3.8, 4) is 0 Å². The minimum atomic E-state index is -0.0322. The minimum Gasteiger partial charge on any atom is -0.288 e. The molecule has 124 valence electrons. The maximum absolute atomic E-state index is 12.8. The molecule has 0 aliphatic rings. The molecular formula is C18H30N2O2. The topological polar surface area (TPSA) is 32.8 Å². The van der Waals surface area contributed by atoms with Gasteiger partial charge in [0.05, 0.1) is 12.5 Å². The lowest BCUT2D eigenvalue weighted by Gasteiger charge is -2.36. The van der Waals surface area contributed by atoms with Crippen LogP contribution < -0.4 is 0 Å².